The molecule has 0 spiro atoms. The number of carboxylic acids is 3. The van der Waals surface area contributed by atoms with Crippen molar-refractivity contribution in [3.05, 3.63) is 104 Å². The van der Waals surface area contributed by atoms with Crippen molar-refractivity contribution in [2.24, 2.45) is 0 Å². The maximum Gasteiger partial charge on any atom is 0.335 e. The van der Waals surface area contributed by atoms with E-state index in [2.05, 4.69) is 77.4 Å². The molecule has 314 valence electrons. The van der Waals surface area contributed by atoms with E-state index in [1.54, 1.807) is 48.5 Å². The molecule has 15 heteroatoms. The lowest BCUT2D eigenvalue weighted by molar-refractivity contribution is 0.0686. The summed E-state index contributed by atoms with van der Waals surface area (Å²) in [5.41, 5.74) is 15.0. The van der Waals surface area contributed by atoms with Gasteiger partial charge in [0.1, 0.15) is 5.69 Å². The Morgan fingerprint density at radius 1 is 0.689 bits per heavy atom. The molecule has 1 unspecified atom stereocenters. The summed E-state index contributed by atoms with van der Waals surface area (Å²) in [5.74, 6) is -2.67. The van der Waals surface area contributed by atoms with E-state index < -0.39 is 17.9 Å². The van der Waals surface area contributed by atoms with Gasteiger partial charge in [0.2, 0.25) is 0 Å². The van der Waals surface area contributed by atoms with Crippen molar-refractivity contribution in [1.29, 1.82) is 0 Å². The summed E-state index contributed by atoms with van der Waals surface area (Å²) in [6.45, 7) is 12.7. The number of hydrogen-bond acceptors (Lipinski definition) is 8. The van der Waals surface area contributed by atoms with E-state index in [1.165, 1.54) is 16.2 Å². The fraction of sp³-hybridized carbons (Fsp3) is 0.304. The number of anilines is 1. The Morgan fingerprint density at radius 3 is 1.62 bits per heavy atom. The fourth-order valence-electron chi connectivity index (χ4n) is 9.31. The van der Waals surface area contributed by atoms with Gasteiger partial charge >= 0.3 is 17.9 Å². The number of thiazole rings is 1. The topological polar surface area (TPSA) is 232 Å². The van der Waals surface area contributed by atoms with Crippen molar-refractivity contribution >= 4 is 94.6 Å². The van der Waals surface area contributed by atoms with Gasteiger partial charge < -0.3 is 36.0 Å². The first kappa shape index (κ1) is 41.7. The van der Waals surface area contributed by atoms with Crippen LogP contribution in [0.15, 0.2) is 54.6 Å². The number of rotatable bonds is 3. The van der Waals surface area contributed by atoms with E-state index in [9.17, 15) is 29.1 Å². The summed E-state index contributed by atoms with van der Waals surface area (Å²) in [7, 11) is 0. The molecule has 10 rings (SSSR count). The maximum absolute atomic E-state index is 12.3. The first-order valence-electron chi connectivity index (χ1n) is 19.7. The van der Waals surface area contributed by atoms with Crippen molar-refractivity contribution in [3.63, 3.8) is 0 Å². The van der Waals surface area contributed by atoms with Crippen molar-refractivity contribution < 1.29 is 39.3 Å². The third-order valence-electron chi connectivity index (χ3n) is 12.2. The van der Waals surface area contributed by atoms with Gasteiger partial charge in [0.15, 0.2) is 16.7 Å². The molecular formula is C46H44BrN5O8S. The lowest BCUT2D eigenvalue weighted by atomic mass is 9.73. The Kier molecular flexibility index (Phi) is 9.94. The summed E-state index contributed by atoms with van der Waals surface area (Å²) in [6.07, 6.45) is 2.89. The molecule has 8 N–H and O–H groups in total. The number of ketones is 2. The third-order valence-corrected chi connectivity index (χ3v) is 13.8. The summed E-state index contributed by atoms with van der Waals surface area (Å²) < 4.78 is 0. The Hall–Kier alpha value is -6.06. The van der Waals surface area contributed by atoms with Crippen molar-refractivity contribution in [2.45, 2.75) is 88.3 Å². The highest BCUT2D eigenvalue weighted by Gasteiger charge is 2.41. The van der Waals surface area contributed by atoms with Crippen LogP contribution >= 0.6 is 27.3 Å². The molecule has 3 aliphatic rings. The SMILES string of the molecule is CC1(C)CC(Br)C(=O)c2[nH]c3ccc(C(=O)O)cc3c21.CC1(C)CCC(=O)c2[nH]c3ccc(C(=O)O)cc3c21.CC1(C)Cc2sc(N)nc2-c2[nH]c3ccc(C(=O)O)cc3c21. The predicted octanol–water partition coefficient (Wildman–Crippen LogP) is 10.0. The van der Waals surface area contributed by atoms with E-state index in [0.29, 0.717) is 34.9 Å². The van der Waals surface area contributed by atoms with Crippen LogP contribution in [-0.2, 0) is 22.7 Å². The number of nitrogens with one attached hydrogen (secondary N) is 3. The Morgan fingerprint density at radius 2 is 1.13 bits per heavy atom. The van der Waals surface area contributed by atoms with E-state index in [4.69, 9.17) is 15.9 Å². The second-order valence-corrected chi connectivity index (χ2v) is 20.2. The van der Waals surface area contributed by atoms with Gasteiger partial charge in [-0.05, 0) is 107 Å². The zero-order valence-electron chi connectivity index (χ0n) is 34.3. The monoisotopic (exact) mass is 905 g/mol. The lowest BCUT2D eigenvalue weighted by Gasteiger charge is -2.32. The van der Waals surface area contributed by atoms with Gasteiger partial charge in [-0.15, -0.1) is 11.3 Å². The first-order chi connectivity index (χ1) is 28.6. The number of fused-ring (bicyclic) bond motifs is 11. The van der Waals surface area contributed by atoms with Crippen molar-refractivity contribution in [1.82, 2.24) is 19.9 Å². The summed E-state index contributed by atoms with van der Waals surface area (Å²) in [4.78, 5) is 72.9. The van der Waals surface area contributed by atoms with Crippen LogP contribution in [0.25, 0.3) is 44.1 Å². The number of carbonyl (C=O) groups is 5. The van der Waals surface area contributed by atoms with Crippen LogP contribution < -0.4 is 5.73 Å². The second-order valence-electron chi connectivity index (χ2n) is 17.9. The lowest BCUT2D eigenvalue weighted by Crippen LogP contribution is -2.34. The average Bonchev–Trinajstić information content (AvgIpc) is 3.96. The van der Waals surface area contributed by atoms with E-state index in [-0.39, 0.29) is 43.8 Å². The first-order valence-corrected chi connectivity index (χ1v) is 21.5. The fourth-order valence-corrected chi connectivity index (χ4v) is 11.4. The third kappa shape index (κ3) is 7.12. The van der Waals surface area contributed by atoms with Gasteiger partial charge in [0.25, 0.3) is 0 Å². The average molecular weight is 907 g/mol. The van der Waals surface area contributed by atoms with Crippen LogP contribution in [0.1, 0.15) is 134 Å². The molecule has 0 saturated heterocycles. The number of aromatic amines is 3. The van der Waals surface area contributed by atoms with Gasteiger partial charge in [0, 0.05) is 44.0 Å². The molecule has 0 saturated carbocycles. The molecule has 7 aromatic rings. The summed E-state index contributed by atoms with van der Waals surface area (Å²) >= 11 is 4.96. The van der Waals surface area contributed by atoms with Crippen LogP contribution in [0, 0.1) is 0 Å². The Balaban J connectivity index is 0.000000127. The minimum Gasteiger partial charge on any atom is -0.478 e. The molecule has 0 bridgehead atoms. The molecule has 61 heavy (non-hydrogen) atoms. The number of hydrogen-bond donors (Lipinski definition) is 7. The number of aromatic nitrogens is 4. The highest BCUT2D eigenvalue weighted by Crippen LogP contribution is 2.49. The van der Waals surface area contributed by atoms with E-state index >= 15 is 0 Å². The quantitative estimate of drug-likeness (QED) is 0.0829. The normalized spacial score (nSPS) is 17.9. The number of carbonyl (C=O) groups excluding carboxylic acids is 2. The highest BCUT2D eigenvalue weighted by molar-refractivity contribution is 9.10. The van der Waals surface area contributed by atoms with Crippen LogP contribution in [0.3, 0.4) is 0 Å². The Labute approximate surface area is 361 Å². The number of benzene rings is 3. The number of carboxylic acid groups (broad SMARTS) is 3. The molecule has 4 aromatic heterocycles. The number of alkyl halides is 1. The minimum atomic E-state index is -0.958. The van der Waals surface area contributed by atoms with Crippen LogP contribution in [0.5, 0.6) is 0 Å². The van der Waals surface area contributed by atoms with Crippen molar-refractivity contribution in [3.8, 4) is 11.4 Å². The van der Waals surface area contributed by atoms with E-state index in [0.717, 1.165) is 73.6 Å². The van der Waals surface area contributed by atoms with Gasteiger partial charge in [-0.1, -0.05) is 57.5 Å². The molecule has 0 radical (unpaired) electrons. The van der Waals surface area contributed by atoms with Crippen LogP contribution in [0.2, 0.25) is 0 Å². The molecule has 3 aliphatic carbocycles. The molecule has 1 atom stereocenters. The largest absolute Gasteiger partial charge is 0.478 e. The number of H-pyrrole nitrogens is 3. The second kappa shape index (κ2) is 14.5. The van der Waals surface area contributed by atoms with Gasteiger partial charge in [-0.2, -0.15) is 0 Å². The number of aromatic carboxylic acids is 3. The number of nitrogens with two attached hydrogens (primary N) is 1. The Bertz CT molecular complexity index is 3040. The van der Waals surface area contributed by atoms with Crippen molar-refractivity contribution in [2.75, 3.05) is 5.73 Å². The number of nitrogen functional groups attached to an aromatic ring is 1. The number of Topliss-reactive ketones (excluding diaryl/α,β-unsaturated/α-hetero) is 2. The molecule has 3 aromatic carbocycles. The molecular weight excluding hydrogens is 863 g/mol. The van der Waals surface area contributed by atoms with Crippen LogP contribution in [0.4, 0.5) is 5.13 Å². The molecule has 4 heterocycles. The van der Waals surface area contributed by atoms with Gasteiger partial charge in [-0.3, -0.25) is 9.59 Å². The van der Waals surface area contributed by atoms with Gasteiger partial charge in [0.05, 0.1) is 38.6 Å². The smallest absolute Gasteiger partial charge is 0.335 e. The summed E-state index contributed by atoms with van der Waals surface area (Å²) in [6, 6.07) is 15.1. The minimum absolute atomic E-state index is 0.0346. The molecule has 0 amide bonds. The maximum atomic E-state index is 12.3. The van der Waals surface area contributed by atoms with Gasteiger partial charge in [-0.25, -0.2) is 19.4 Å². The zero-order chi connectivity index (χ0) is 44.1. The van der Waals surface area contributed by atoms with Crippen LogP contribution in [-0.4, -0.2) is 69.6 Å². The zero-order valence-corrected chi connectivity index (χ0v) is 36.7. The number of nitrogens with zero attached hydrogens (tertiary/aromatic N) is 1. The van der Waals surface area contributed by atoms with E-state index in [1.807, 2.05) is 6.07 Å². The predicted molar refractivity (Wildman–Crippen MR) is 239 cm³/mol. The summed E-state index contributed by atoms with van der Waals surface area (Å²) in [5, 5.41) is 30.7. The molecule has 13 nitrogen and oxygen atoms in total. The number of halogens is 1. The standard InChI is InChI=1S/C16H15N3O2S.C15H14BrNO3.C15H15NO3/c1-16(2)6-10-12(19-15(17)22-10)13-11(16)8-5-7(14(20)21)3-4-9(8)18-13;1-15(2)6-9(16)13(18)12-11(15)8-5-7(14(19)20)3-4-10(8)17-12;1-15(2)6-5-11(17)13-12(15)9-7-8(14(18)19)3-4-10(9)16-13/h3-5,18H,6H2,1-2H3,(H2,17,19)(H,20,21);3-5,9,17H,6H2,1-2H3,(H,19,20);3-4,7,16H,5-6H2,1-2H3,(H,18,19). The molecule has 0 aliphatic heterocycles. The molecule has 0 fully saturated rings. The highest BCUT2D eigenvalue weighted by atomic mass is 79.9.